The van der Waals surface area contributed by atoms with Crippen LogP contribution in [0.3, 0.4) is 0 Å². The second kappa shape index (κ2) is 8.64. The Morgan fingerprint density at radius 2 is 1.13 bits per heavy atom. The summed E-state index contributed by atoms with van der Waals surface area (Å²) in [6.07, 6.45) is 0. The van der Waals surface area contributed by atoms with Gasteiger partial charge in [-0.05, 0) is 39.4 Å². The smallest absolute Gasteiger partial charge is 0.231 e. The Kier molecular flexibility index (Phi) is 4.82. The topological polar surface area (TPSA) is 38.9 Å². The summed E-state index contributed by atoms with van der Waals surface area (Å²) in [6.45, 7) is 0. The van der Waals surface area contributed by atoms with Crippen LogP contribution in [0.25, 0.3) is 77.4 Å². The number of nitrogens with zero attached hydrogens (tertiary/aromatic N) is 2. The lowest BCUT2D eigenvalue weighted by Crippen LogP contribution is -1.95. The first-order valence-corrected chi connectivity index (χ1v) is 13.1. The number of benzene rings is 6. The molecule has 3 heteroatoms. The standard InChI is InChI=1S/C36H22N2O/c1-2-10-23(11-3-1)26-15-8-16-27(22-26)35-37-33(30-19-9-14-24-12-4-6-17-28(24)30)32-31-21-20-25-13-5-7-18-29(25)34(31)39-36(32)38-35/h1-22H. The molecule has 39 heavy (non-hydrogen) atoms. The van der Waals surface area contributed by atoms with Crippen LogP contribution >= 0.6 is 0 Å². The molecule has 0 amide bonds. The van der Waals surface area contributed by atoms with Crippen molar-refractivity contribution in [3.05, 3.63) is 133 Å². The van der Waals surface area contributed by atoms with E-state index in [0.29, 0.717) is 11.5 Å². The van der Waals surface area contributed by atoms with Gasteiger partial charge in [0.05, 0.1) is 11.1 Å². The molecule has 0 aliphatic rings. The lowest BCUT2D eigenvalue weighted by Gasteiger charge is -2.10. The van der Waals surface area contributed by atoms with Crippen LogP contribution in [-0.2, 0) is 0 Å². The van der Waals surface area contributed by atoms with Crippen molar-refractivity contribution in [1.29, 1.82) is 0 Å². The molecule has 182 valence electrons. The van der Waals surface area contributed by atoms with Gasteiger partial charge in [0, 0.05) is 21.9 Å². The maximum Gasteiger partial charge on any atom is 0.231 e. The molecule has 2 heterocycles. The molecule has 8 aromatic rings. The number of hydrogen-bond donors (Lipinski definition) is 0. The van der Waals surface area contributed by atoms with Gasteiger partial charge in [-0.3, -0.25) is 0 Å². The fraction of sp³-hybridized carbons (Fsp3) is 0. The molecule has 6 aromatic carbocycles. The van der Waals surface area contributed by atoms with E-state index in [4.69, 9.17) is 14.4 Å². The molecule has 0 spiro atoms. The normalized spacial score (nSPS) is 11.6. The number of rotatable bonds is 3. The molecule has 0 saturated carbocycles. The van der Waals surface area contributed by atoms with Crippen LogP contribution in [0.5, 0.6) is 0 Å². The predicted molar refractivity (Wildman–Crippen MR) is 161 cm³/mol. The van der Waals surface area contributed by atoms with E-state index in [9.17, 15) is 0 Å². The monoisotopic (exact) mass is 498 g/mol. The molecular weight excluding hydrogens is 476 g/mol. The molecule has 0 fully saturated rings. The zero-order chi connectivity index (χ0) is 25.8. The third-order valence-electron chi connectivity index (χ3n) is 7.50. The van der Waals surface area contributed by atoms with Crippen molar-refractivity contribution in [2.75, 3.05) is 0 Å². The van der Waals surface area contributed by atoms with Gasteiger partial charge in [-0.25, -0.2) is 4.98 Å². The molecule has 0 bridgehead atoms. The number of fused-ring (bicyclic) bond motifs is 6. The predicted octanol–water partition coefficient (Wildman–Crippen LogP) is 9.68. The van der Waals surface area contributed by atoms with Crippen LogP contribution in [0.2, 0.25) is 0 Å². The average Bonchev–Trinajstić information content (AvgIpc) is 3.40. The summed E-state index contributed by atoms with van der Waals surface area (Å²) in [5, 5.41) is 6.50. The Morgan fingerprint density at radius 3 is 2.00 bits per heavy atom. The van der Waals surface area contributed by atoms with Gasteiger partial charge in [0.1, 0.15) is 5.58 Å². The fourth-order valence-corrected chi connectivity index (χ4v) is 5.63. The van der Waals surface area contributed by atoms with Crippen LogP contribution in [-0.4, -0.2) is 9.97 Å². The van der Waals surface area contributed by atoms with Gasteiger partial charge in [0.25, 0.3) is 0 Å². The zero-order valence-corrected chi connectivity index (χ0v) is 21.0. The third kappa shape index (κ3) is 3.52. The average molecular weight is 499 g/mol. The van der Waals surface area contributed by atoms with E-state index in [2.05, 4.69) is 121 Å². The number of aromatic nitrogens is 2. The Hall–Kier alpha value is -5.28. The Morgan fingerprint density at radius 1 is 0.462 bits per heavy atom. The van der Waals surface area contributed by atoms with E-state index in [1.54, 1.807) is 0 Å². The molecule has 0 radical (unpaired) electrons. The largest absolute Gasteiger partial charge is 0.437 e. The second-order valence-electron chi connectivity index (χ2n) is 9.81. The quantitative estimate of drug-likeness (QED) is 0.243. The van der Waals surface area contributed by atoms with Crippen molar-refractivity contribution < 1.29 is 4.42 Å². The molecule has 0 saturated heterocycles. The second-order valence-corrected chi connectivity index (χ2v) is 9.81. The van der Waals surface area contributed by atoms with Crippen LogP contribution < -0.4 is 0 Å². The zero-order valence-electron chi connectivity index (χ0n) is 21.0. The number of hydrogen-bond acceptors (Lipinski definition) is 3. The first kappa shape index (κ1) is 21.8. The summed E-state index contributed by atoms with van der Waals surface area (Å²) in [4.78, 5) is 10.3. The van der Waals surface area contributed by atoms with Gasteiger partial charge in [-0.15, -0.1) is 0 Å². The maximum absolute atomic E-state index is 6.57. The third-order valence-corrected chi connectivity index (χ3v) is 7.50. The SMILES string of the molecule is c1ccc(-c2cccc(-c3nc(-c4cccc5ccccc45)c4c(n3)oc3c5ccccc5ccc34)c2)cc1. The molecule has 3 nitrogen and oxygen atoms in total. The minimum atomic E-state index is 0.597. The van der Waals surface area contributed by atoms with Crippen molar-refractivity contribution in [2.45, 2.75) is 0 Å². The summed E-state index contributed by atoms with van der Waals surface area (Å²) in [5.74, 6) is 0.645. The van der Waals surface area contributed by atoms with E-state index >= 15 is 0 Å². The van der Waals surface area contributed by atoms with Crippen LogP contribution in [0, 0.1) is 0 Å². The van der Waals surface area contributed by atoms with E-state index < -0.39 is 0 Å². The summed E-state index contributed by atoms with van der Waals surface area (Å²) >= 11 is 0. The van der Waals surface area contributed by atoms with Gasteiger partial charge in [0.15, 0.2) is 5.82 Å². The summed E-state index contributed by atoms with van der Waals surface area (Å²) in [6, 6.07) is 46.2. The molecule has 0 N–H and O–H groups in total. The maximum atomic E-state index is 6.57. The Bertz CT molecular complexity index is 2170. The highest BCUT2D eigenvalue weighted by molar-refractivity contribution is 6.19. The summed E-state index contributed by atoms with van der Waals surface area (Å²) in [5.41, 5.74) is 6.62. The van der Waals surface area contributed by atoms with E-state index in [1.165, 1.54) is 5.39 Å². The Balaban J connectivity index is 1.46. The lowest BCUT2D eigenvalue weighted by molar-refractivity contribution is 0.657. The molecule has 0 atom stereocenters. The van der Waals surface area contributed by atoms with Gasteiger partial charge in [-0.2, -0.15) is 4.98 Å². The summed E-state index contributed by atoms with van der Waals surface area (Å²) in [7, 11) is 0. The number of furan rings is 1. The van der Waals surface area contributed by atoms with Crippen molar-refractivity contribution in [3.63, 3.8) is 0 Å². The summed E-state index contributed by atoms with van der Waals surface area (Å²) < 4.78 is 6.57. The highest BCUT2D eigenvalue weighted by atomic mass is 16.3. The highest BCUT2D eigenvalue weighted by Crippen LogP contribution is 2.41. The van der Waals surface area contributed by atoms with Crippen molar-refractivity contribution >= 4 is 43.6 Å². The van der Waals surface area contributed by atoms with Crippen LogP contribution in [0.1, 0.15) is 0 Å². The van der Waals surface area contributed by atoms with E-state index in [-0.39, 0.29) is 0 Å². The lowest BCUT2D eigenvalue weighted by atomic mass is 9.98. The molecular formula is C36H22N2O. The first-order chi connectivity index (χ1) is 19.3. The van der Waals surface area contributed by atoms with E-state index in [0.717, 1.165) is 60.5 Å². The van der Waals surface area contributed by atoms with Crippen LogP contribution in [0.4, 0.5) is 0 Å². The van der Waals surface area contributed by atoms with Crippen molar-refractivity contribution in [1.82, 2.24) is 9.97 Å². The molecule has 2 aromatic heterocycles. The van der Waals surface area contributed by atoms with Gasteiger partial charge in [-0.1, -0.05) is 121 Å². The first-order valence-electron chi connectivity index (χ1n) is 13.1. The molecule has 0 aliphatic carbocycles. The minimum absolute atomic E-state index is 0.597. The van der Waals surface area contributed by atoms with Gasteiger partial charge >= 0.3 is 0 Å². The highest BCUT2D eigenvalue weighted by Gasteiger charge is 2.20. The Labute approximate surface area is 225 Å². The fourth-order valence-electron chi connectivity index (χ4n) is 5.63. The van der Waals surface area contributed by atoms with Gasteiger partial charge < -0.3 is 4.42 Å². The van der Waals surface area contributed by atoms with Gasteiger partial charge in [0.2, 0.25) is 5.71 Å². The molecule has 0 aliphatic heterocycles. The van der Waals surface area contributed by atoms with Crippen LogP contribution in [0.15, 0.2) is 138 Å². The van der Waals surface area contributed by atoms with Crippen molar-refractivity contribution in [2.24, 2.45) is 0 Å². The van der Waals surface area contributed by atoms with Crippen molar-refractivity contribution in [3.8, 4) is 33.8 Å². The molecule has 0 unspecified atom stereocenters. The minimum Gasteiger partial charge on any atom is -0.437 e. The molecule has 8 rings (SSSR count). The van der Waals surface area contributed by atoms with E-state index in [1.807, 2.05) is 12.1 Å².